The molecule has 0 saturated carbocycles. The number of unbranched alkanes of at least 4 members (excludes halogenated alkanes) is 1. The zero-order chi connectivity index (χ0) is 27.2. The summed E-state index contributed by atoms with van der Waals surface area (Å²) in [4.78, 5) is 46.6. The summed E-state index contributed by atoms with van der Waals surface area (Å²) in [5.74, 6) is -0.445. The van der Waals surface area contributed by atoms with E-state index in [9.17, 15) is 14.4 Å². The topological polar surface area (TPSA) is 146 Å². The molecule has 0 aromatic heterocycles. The molecule has 1 aromatic carbocycles. The maximum Gasteiger partial charge on any atom is 0.243 e. The molecule has 0 radical (unpaired) electrons. The van der Waals surface area contributed by atoms with Crippen LogP contribution in [-0.4, -0.2) is 84.3 Å². The molecular formula is C27H45N7O3. The van der Waals surface area contributed by atoms with E-state index in [1.54, 1.807) is 0 Å². The number of carbonyl (C=O) groups excluding carboxylic acids is 3. The third-order valence-electron chi connectivity index (χ3n) is 6.65. The summed E-state index contributed by atoms with van der Waals surface area (Å²) in [5, 5.41) is 5.33. The molecule has 0 unspecified atom stereocenters. The molecule has 37 heavy (non-hydrogen) atoms. The fourth-order valence-corrected chi connectivity index (χ4v) is 4.33. The molecule has 6 N–H and O–H groups in total. The molecule has 1 aromatic rings. The number of amides is 3. The molecule has 3 atom stereocenters. The first-order valence-electron chi connectivity index (χ1n) is 13.5. The fraction of sp³-hybridized carbons (Fsp3) is 0.630. The van der Waals surface area contributed by atoms with Crippen LogP contribution in [0.4, 0.5) is 0 Å². The number of rotatable bonds is 14. The van der Waals surface area contributed by atoms with E-state index in [4.69, 9.17) is 16.5 Å². The van der Waals surface area contributed by atoms with Gasteiger partial charge in [-0.15, -0.1) is 0 Å². The highest BCUT2D eigenvalue weighted by Crippen LogP contribution is 2.12. The van der Waals surface area contributed by atoms with Crippen molar-refractivity contribution in [1.29, 1.82) is 0 Å². The Morgan fingerprint density at radius 1 is 1.03 bits per heavy atom. The van der Waals surface area contributed by atoms with Crippen molar-refractivity contribution in [2.75, 3.05) is 32.7 Å². The first-order chi connectivity index (χ1) is 17.8. The highest BCUT2D eigenvalue weighted by molar-refractivity contribution is 5.92. The van der Waals surface area contributed by atoms with Crippen LogP contribution in [0.25, 0.3) is 0 Å². The average Bonchev–Trinajstić information content (AvgIpc) is 3.42. The van der Waals surface area contributed by atoms with Crippen molar-refractivity contribution in [1.82, 2.24) is 20.4 Å². The number of nitrogens with zero attached hydrogens (tertiary/aromatic N) is 3. The lowest BCUT2D eigenvalue weighted by Gasteiger charge is -2.30. The molecule has 10 nitrogen and oxygen atoms in total. The van der Waals surface area contributed by atoms with Gasteiger partial charge in [-0.1, -0.05) is 30.3 Å². The number of nitrogens with one attached hydrogen (secondary N) is 2. The Bertz CT molecular complexity index is 879. The van der Waals surface area contributed by atoms with Crippen LogP contribution >= 0.6 is 0 Å². The predicted octanol–water partition coefficient (Wildman–Crippen LogP) is 0.995. The van der Waals surface area contributed by atoms with Gasteiger partial charge in [0, 0.05) is 39.1 Å². The number of primary amides is 1. The zero-order valence-corrected chi connectivity index (χ0v) is 22.6. The van der Waals surface area contributed by atoms with Crippen molar-refractivity contribution in [2.24, 2.45) is 16.5 Å². The highest BCUT2D eigenvalue weighted by atomic mass is 16.2. The Kier molecular flexibility index (Phi) is 12.9. The maximum atomic E-state index is 12.8. The molecule has 1 fully saturated rings. The molecule has 0 bridgehead atoms. The summed E-state index contributed by atoms with van der Waals surface area (Å²) in [7, 11) is 0. The molecule has 2 rings (SSSR count). The molecule has 10 heteroatoms. The van der Waals surface area contributed by atoms with Crippen molar-refractivity contribution in [2.45, 2.75) is 77.4 Å². The van der Waals surface area contributed by atoms with E-state index in [-0.39, 0.29) is 6.42 Å². The first kappa shape index (κ1) is 30.1. The van der Waals surface area contributed by atoms with Gasteiger partial charge in [-0.25, -0.2) is 0 Å². The van der Waals surface area contributed by atoms with E-state index in [0.717, 1.165) is 50.5 Å². The minimum absolute atomic E-state index is 0.274. The molecular weight excluding hydrogens is 470 g/mol. The standard InChI is InChI=1S/C27H45N7O3/c1-4-33(5-2)27(34-17-11-12-18-34)30-16-10-9-15-22(28)25(36)32-23(19-21-13-7-6-8-14-21)26(37)31-20(3)24(29)35/h6-8,13-14,20,22-23H,4-5,9-12,15-19,28H2,1-3H3,(H2,29,35)(H,31,37)(H,32,36)/t20-,22-,23-/m0/s1. The van der Waals surface area contributed by atoms with E-state index in [0.29, 0.717) is 13.0 Å². The number of aliphatic imine (C=N–C) groups is 1. The highest BCUT2D eigenvalue weighted by Gasteiger charge is 2.26. The van der Waals surface area contributed by atoms with Gasteiger partial charge in [0.05, 0.1) is 6.04 Å². The van der Waals surface area contributed by atoms with Gasteiger partial charge >= 0.3 is 0 Å². The predicted molar refractivity (Wildman–Crippen MR) is 147 cm³/mol. The molecule has 0 spiro atoms. The molecule has 206 valence electrons. The summed E-state index contributed by atoms with van der Waals surface area (Å²) in [6.07, 6.45) is 4.74. The van der Waals surface area contributed by atoms with Gasteiger partial charge in [0.2, 0.25) is 17.7 Å². The fourth-order valence-electron chi connectivity index (χ4n) is 4.33. The number of nitrogens with two attached hydrogens (primary N) is 2. The molecule has 1 saturated heterocycles. The van der Waals surface area contributed by atoms with Gasteiger partial charge in [0.25, 0.3) is 0 Å². The van der Waals surface area contributed by atoms with Gasteiger partial charge in [0.15, 0.2) is 5.96 Å². The monoisotopic (exact) mass is 515 g/mol. The van der Waals surface area contributed by atoms with E-state index >= 15 is 0 Å². The van der Waals surface area contributed by atoms with Crippen molar-refractivity contribution in [3.05, 3.63) is 35.9 Å². The minimum Gasteiger partial charge on any atom is -0.368 e. The number of hydrogen-bond donors (Lipinski definition) is 4. The summed E-state index contributed by atoms with van der Waals surface area (Å²) < 4.78 is 0. The second kappa shape index (κ2) is 15.9. The Balaban J connectivity index is 1.90. The summed E-state index contributed by atoms with van der Waals surface area (Å²) in [5.41, 5.74) is 12.3. The van der Waals surface area contributed by atoms with E-state index < -0.39 is 35.8 Å². The van der Waals surface area contributed by atoms with Gasteiger partial charge in [-0.2, -0.15) is 0 Å². The minimum atomic E-state index is -0.871. The van der Waals surface area contributed by atoms with Crippen LogP contribution in [0.3, 0.4) is 0 Å². The summed E-state index contributed by atoms with van der Waals surface area (Å²) in [6, 6.07) is 6.89. The Morgan fingerprint density at radius 3 is 2.27 bits per heavy atom. The number of benzene rings is 1. The quantitative estimate of drug-likeness (QED) is 0.165. The number of guanidine groups is 1. The Hall–Kier alpha value is -3.14. The van der Waals surface area contributed by atoms with Crippen LogP contribution in [0.1, 0.15) is 58.4 Å². The van der Waals surface area contributed by atoms with Gasteiger partial charge in [-0.3, -0.25) is 19.4 Å². The third-order valence-corrected chi connectivity index (χ3v) is 6.65. The SMILES string of the molecule is CCN(CC)C(=NCCCC[C@H](N)C(=O)N[C@@H](Cc1ccccc1)C(=O)N[C@@H](C)C(N)=O)N1CCCC1. The second-order valence-corrected chi connectivity index (χ2v) is 9.53. The molecule has 0 aliphatic carbocycles. The lowest BCUT2D eigenvalue weighted by atomic mass is 10.0. The zero-order valence-electron chi connectivity index (χ0n) is 22.6. The lowest BCUT2D eigenvalue weighted by Crippen LogP contribution is -2.55. The second-order valence-electron chi connectivity index (χ2n) is 9.53. The van der Waals surface area contributed by atoms with Crippen molar-refractivity contribution < 1.29 is 14.4 Å². The van der Waals surface area contributed by atoms with Crippen molar-refractivity contribution >= 4 is 23.7 Å². The lowest BCUT2D eigenvalue weighted by molar-refractivity contribution is -0.131. The average molecular weight is 516 g/mol. The van der Waals surface area contributed by atoms with Crippen LogP contribution in [0.15, 0.2) is 35.3 Å². The maximum absolute atomic E-state index is 12.8. The Morgan fingerprint density at radius 2 is 1.68 bits per heavy atom. The largest absolute Gasteiger partial charge is 0.368 e. The molecule has 3 amide bonds. The van der Waals surface area contributed by atoms with Gasteiger partial charge < -0.3 is 31.9 Å². The van der Waals surface area contributed by atoms with Crippen molar-refractivity contribution in [3.8, 4) is 0 Å². The van der Waals surface area contributed by atoms with E-state index in [1.807, 2.05) is 30.3 Å². The van der Waals surface area contributed by atoms with Crippen LogP contribution < -0.4 is 22.1 Å². The summed E-state index contributed by atoms with van der Waals surface area (Å²) in [6.45, 7) is 10.4. The first-order valence-corrected chi connectivity index (χ1v) is 13.5. The number of hydrogen-bond acceptors (Lipinski definition) is 5. The van der Waals surface area contributed by atoms with E-state index in [2.05, 4.69) is 34.3 Å². The van der Waals surface area contributed by atoms with Crippen molar-refractivity contribution in [3.63, 3.8) is 0 Å². The third kappa shape index (κ3) is 10.0. The normalized spacial score (nSPS) is 16.1. The molecule has 1 aliphatic heterocycles. The number of carbonyl (C=O) groups is 3. The molecule has 1 aliphatic rings. The van der Waals surface area contributed by atoms with E-state index in [1.165, 1.54) is 19.8 Å². The van der Waals surface area contributed by atoms with Crippen LogP contribution in [-0.2, 0) is 20.8 Å². The summed E-state index contributed by atoms with van der Waals surface area (Å²) >= 11 is 0. The van der Waals surface area contributed by atoms with Crippen LogP contribution in [0, 0.1) is 0 Å². The molecule has 1 heterocycles. The van der Waals surface area contributed by atoms with Gasteiger partial charge in [0.1, 0.15) is 12.1 Å². The Labute approximate surface area is 221 Å². The van der Waals surface area contributed by atoms with Crippen LogP contribution in [0.2, 0.25) is 0 Å². The van der Waals surface area contributed by atoms with Gasteiger partial charge in [-0.05, 0) is 58.4 Å². The smallest absolute Gasteiger partial charge is 0.243 e. The number of likely N-dealkylation sites (tertiary alicyclic amines) is 1. The van der Waals surface area contributed by atoms with Crippen LogP contribution in [0.5, 0.6) is 0 Å².